The van der Waals surface area contributed by atoms with Crippen LogP contribution < -0.4 is 15.0 Å². The molecule has 0 fully saturated rings. The minimum atomic E-state index is -0.372. The molecular formula is C20H20N2O4. The van der Waals surface area contributed by atoms with Crippen LogP contribution in [0.5, 0.6) is 5.75 Å². The van der Waals surface area contributed by atoms with Crippen molar-refractivity contribution in [3.8, 4) is 5.75 Å². The number of ether oxygens (including phenoxy) is 2. The summed E-state index contributed by atoms with van der Waals surface area (Å²) in [6, 6.07) is 14.4. The number of para-hydroxylation sites is 2. The molecule has 0 radical (unpaired) electrons. The zero-order valence-electron chi connectivity index (χ0n) is 14.7. The summed E-state index contributed by atoms with van der Waals surface area (Å²) in [6.07, 6.45) is 1.55. The Morgan fingerprint density at radius 3 is 2.77 bits per heavy atom. The number of nitrogens with one attached hydrogen (secondary N) is 1. The number of anilines is 2. The van der Waals surface area contributed by atoms with E-state index < -0.39 is 0 Å². The molecule has 0 saturated carbocycles. The van der Waals surface area contributed by atoms with Gasteiger partial charge in [0.1, 0.15) is 5.75 Å². The van der Waals surface area contributed by atoms with Crippen LogP contribution in [-0.4, -0.2) is 32.1 Å². The second-order valence-corrected chi connectivity index (χ2v) is 5.69. The van der Waals surface area contributed by atoms with Crippen molar-refractivity contribution in [1.29, 1.82) is 0 Å². The van der Waals surface area contributed by atoms with E-state index in [4.69, 9.17) is 9.47 Å². The smallest absolute Gasteiger partial charge is 0.338 e. The number of methoxy groups -OCH3 is 1. The van der Waals surface area contributed by atoms with Crippen LogP contribution in [0.15, 0.2) is 60.3 Å². The molecule has 0 saturated heterocycles. The normalized spacial score (nSPS) is 13.4. The lowest BCUT2D eigenvalue weighted by Crippen LogP contribution is -2.26. The number of rotatable bonds is 6. The Balaban J connectivity index is 1.74. The number of benzene rings is 2. The Kier molecular flexibility index (Phi) is 5.22. The first-order valence-electron chi connectivity index (χ1n) is 8.31. The van der Waals surface area contributed by atoms with Crippen LogP contribution in [0.2, 0.25) is 0 Å². The minimum Gasteiger partial charge on any atom is -0.495 e. The van der Waals surface area contributed by atoms with Gasteiger partial charge >= 0.3 is 5.97 Å². The number of nitrogens with zero attached hydrogens (tertiary/aromatic N) is 1. The maximum absolute atomic E-state index is 12.4. The maximum atomic E-state index is 12.4. The standard InChI is InChI=1S/C20H20N2O4/c1-3-26-20(24)14-7-6-8-15(11-14)21-16-12-19(23)22(13-16)17-9-4-5-10-18(17)25-2/h4-12,21H,3,13H2,1-2H3. The monoisotopic (exact) mass is 352 g/mol. The third-order valence-electron chi connectivity index (χ3n) is 3.95. The molecule has 0 bridgehead atoms. The second kappa shape index (κ2) is 7.74. The quantitative estimate of drug-likeness (QED) is 0.809. The molecule has 0 unspecified atom stereocenters. The summed E-state index contributed by atoms with van der Waals surface area (Å²) in [5, 5.41) is 3.20. The predicted octanol–water partition coefficient (Wildman–Crippen LogP) is 3.21. The third kappa shape index (κ3) is 3.69. The van der Waals surface area contributed by atoms with E-state index in [9.17, 15) is 9.59 Å². The third-order valence-corrected chi connectivity index (χ3v) is 3.95. The molecule has 2 aromatic rings. The minimum absolute atomic E-state index is 0.126. The zero-order chi connectivity index (χ0) is 18.5. The largest absolute Gasteiger partial charge is 0.495 e. The van der Waals surface area contributed by atoms with Gasteiger partial charge in [-0.15, -0.1) is 0 Å². The van der Waals surface area contributed by atoms with Crippen LogP contribution in [0.3, 0.4) is 0 Å². The number of esters is 1. The second-order valence-electron chi connectivity index (χ2n) is 5.69. The van der Waals surface area contributed by atoms with Crippen LogP contribution in [0, 0.1) is 0 Å². The number of hydrogen-bond donors (Lipinski definition) is 1. The van der Waals surface area contributed by atoms with Crippen LogP contribution in [0.1, 0.15) is 17.3 Å². The van der Waals surface area contributed by atoms with Gasteiger partial charge in [-0.2, -0.15) is 0 Å². The molecule has 6 nitrogen and oxygen atoms in total. The van der Waals surface area contributed by atoms with E-state index in [2.05, 4.69) is 5.32 Å². The van der Waals surface area contributed by atoms with E-state index in [1.165, 1.54) is 0 Å². The Labute approximate surface area is 152 Å². The summed E-state index contributed by atoms with van der Waals surface area (Å²) in [4.78, 5) is 25.9. The molecular weight excluding hydrogens is 332 g/mol. The summed E-state index contributed by atoms with van der Waals surface area (Å²) >= 11 is 0. The van der Waals surface area contributed by atoms with Crippen molar-refractivity contribution < 1.29 is 19.1 Å². The van der Waals surface area contributed by atoms with Crippen molar-refractivity contribution in [3.05, 3.63) is 65.9 Å². The van der Waals surface area contributed by atoms with Crippen molar-refractivity contribution in [1.82, 2.24) is 0 Å². The summed E-state index contributed by atoms with van der Waals surface area (Å²) < 4.78 is 10.3. The molecule has 134 valence electrons. The molecule has 0 atom stereocenters. The molecule has 6 heteroatoms. The van der Waals surface area contributed by atoms with Crippen LogP contribution in [0.25, 0.3) is 0 Å². The highest BCUT2D eigenvalue weighted by molar-refractivity contribution is 6.06. The molecule has 2 aromatic carbocycles. The van der Waals surface area contributed by atoms with Gasteiger partial charge in [-0.25, -0.2) is 4.79 Å². The van der Waals surface area contributed by atoms with Gasteiger partial charge in [0.05, 0.1) is 31.5 Å². The SMILES string of the molecule is CCOC(=O)c1cccc(NC2=CC(=O)N(c3ccccc3OC)C2)c1. The first-order chi connectivity index (χ1) is 12.6. The molecule has 0 aromatic heterocycles. The molecule has 1 heterocycles. The van der Waals surface area contributed by atoms with Crippen molar-refractivity contribution in [3.63, 3.8) is 0 Å². The van der Waals surface area contributed by atoms with E-state index in [0.717, 1.165) is 11.4 Å². The zero-order valence-corrected chi connectivity index (χ0v) is 14.7. The highest BCUT2D eigenvalue weighted by atomic mass is 16.5. The topological polar surface area (TPSA) is 67.9 Å². The van der Waals surface area contributed by atoms with Gasteiger partial charge in [0.25, 0.3) is 5.91 Å². The van der Waals surface area contributed by atoms with Crippen molar-refractivity contribution in [2.45, 2.75) is 6.92 Å². The van der Waals surface area contributed by atoms with Gasteiger partial charge in [0, 0.05) is 17.5 Å². The summed E-state index contributed by atoms with van der Waals surface area (Å²) in [7, 11) is 1.58. The van der Waals surface area contributed by atoms with Crippen LogP contribution in [-0.2, 0) is 9.53 Å². The maximum Gasteiger partial charge on any atom is 0.338 e. The van der Waals surface area contributed by atoms with E-state index >= 15 is 0 Å². The fraction of sp³-hybridized carbons (Fsp3) is 0.200. The fourth-order valence-corrected chi connectivity index (χ4v) is 2.78. The molecule has 26 heavy (non-hydrogen) atoms. The molecule has 1 aliphatic heterocycles. The lowest BCUT2D eigenvalue weighted by Gasteiger charge is -2.19. The average molecular weight is 352 g/mol. The summed E-state index contributed by atoms with van der Waals surface area (Å²) in [5.74, 6) is 0.140. The van der Waals surface area contributed by atoms with Crippen LogP contribution >= 0.6 is 0 Å². The van der Waals surface area contributed by atoms with Gasteiger partial charge in [-0.05, 0) is 37.3 Å². The van der Waals surface area contributed by atoms with Gasteiger partial charge in [0.2, 0.25) is 0 Å². The summed E-state index contributed by atoms with van der Waals surface area (Å²) in [5.41, 5.74) is 2.63. The number of carbonyl (C=O) groups excluding carboxylic acids is 2. The molecule has 1 aliphatic rings. The Hall–Kier alpha value is -3.28. The fourth-order valence-electron chi connectivity index (χ4n) is 2.78. The van der Waals surface area contributed by atoms with E-state index in [0.29, 0.717) is 30.2 Å². The molecule has 3 rings (SSSR count). The van der Waals surface area contributed by atoms with Crippen LogP contribution in [0.4, 0.5) is 11.4 Å². The van der Waals surface area contributed by atoms with E-state index in [-0.39, 0.29) is 11.9 Å². The van der Waals surface area contributed by atoms with Gasteiger partial charge < -0.3 is 14.8 Å². The molecule has 0 spiro atoms. The first kappa shape index (κ1) is 17.5. The van der Waals surface area contributed by atoms with Crippen molar-refractivity contribution in [2.24, 2.45) is 0 Å². The summed E-state index contributed by atoms with van der Waals surface area (Å²) in [6.45, 7) is 2.48. The lowest BCUT2D eigenvalue weighted by molar-refractivity contribution is -0.113. The Bertz CT molecular complexity index is 860. The Morgan fingerprint density at radius 2 is 2.00 bits per heavy atom. The van der Waals surface area contributed by atoms with Crippen molar-refractivity contribution in [2.75, 3.05) is 30.5 Å². The van der Waals surface area contributed by atoms with E-state index in [1.54, 1.807) is 43.2 Å². The van der Waals surface area contributed by atoms with E-state index in [1.807, 2.05) is 30.3 Å². The molecule has 1 N–H and O–H groups in total. The predicted molar refractivity (Wildman–Crippen MR) is 99.5 cm³/mol. The molecule has 1 amide bonds. The van der Waals surface area contributed by atoms with Gasteiger partial charge in [0.15, 0.2) is 0 Å². The first-order valence-corrected chi connectivity index (χ1v) is 8.31. The molecule has 0 aliphatic carbocycles. The van der Waals surface area contributed by atoms with Gasteiger partial charge in [-0.1, -0.05) is 18.2 Å². The number of carbonyl (C=O) groups is 2. The lowest BCUT2D eigenvalue weighted by atomic mass is 10.2. The highest BCUT2D eigenvalue weighted by Crippen LogP contribution is 2.31. The average Bonchev–Trinajstić information content (AvgIpc) is 3.02. The highest BCUT2D eigenvalue weighted by Gasteiger charge is 2.25. The number of amides is 1. The van der Waals surface area contributed by atoms with Crippen molar-refractivity contribution >= 4 is 23.3 Å². The number of hydrogen-bond acceptors (Lipinski definition) is 5. The Morgan fingerprint density at radius 1 is 1.19 bits per heavy atom. The van der Waals surface area contributed by atoms with Gasteiger partial charge in [-0.3, -0.25) is 9.69 Å².